The highest BCUT2D eigenvalue weighted by molar-refractivity contribution is 5.75. The van der Waals surface area contributed by atoms with Crippen molar-refractivity contribution in [3.63, 3.8) is 0 Å². The van der Waals surface area contributed by atoms with Gasteiger partial charge in [0.05, 0.1) is 0 Å². The number of hydrogen-bond donors (Lipinski definition) is 2. The van der Waals surface area contributed by atoms with Crippen LogP contribution in [0.15, 0.2) is 0 Å². The van der Waals surface area contributed by atoms with E-state index in [1.165, 1.54) is 0 Å². The second-order valence-corrected chi connectivity index (χ2v) is 4.08. The standard InChI is InChI=1S/C10H22N2O/c1-4-8(3)6-10(12,5-2)7-9(11)13/h8H,4-7,12H2,1-3H3,(H2,11,13). The third-order valence-electron chi connectivity index (χ3n) is 2.68. The molecule has 4 N–H and O–H groups in total. The molecule has 1 amide bonds. The highest BCUT2D eigenvalue weighted by Crippen LogP contribution is 2.23. The summed E-state index contributed by atoms with van der Waals surface area (Å²) in [6.07, 6.45) is 3.08. The minimum absolute atomic E-state index is 0.298. The van der Waals surface area contributed by atoms with Crippen LogP contribution in [0.4, 0.5) is 0 Å². The lowest BCUT2D eigenvalue weighted by molar-refractivity contribution is -0.119. The molecule has 0 aromatic heterocycles. The van der Waals surface area contributed by atoms with Crippen LogP contribution in [0.3, 0.4) is 0 Å². The quantitative estimate of drug-likeness (QED) is 0.658. The third-order valence-corrected chi connectivity index (χ3v) is 2.68. The van der Waals surface area contributed by atoms with E-state index in [4.69, 9.17) is 11.5 Å². The first-order valence-corrected chi connectivity index (χ1v) is 5.00. The Labute approximate surface area is 80.9 Å². The number of amides is 1. The fourth-order valence-electron chi connectivity index (χ4n) is 1.53. The molecule has 2 atom stereocenters. The van der Waals surface area contributed by atoms with Crippen LogP contribution in [0.1, 0.15) is 46.5 Å². The Morgan fingerprint density at radius 2 is 2.00 bits per heavy atom. The summed E-state index contributed by atoms with van der Waals surface area (Å²) in [4.78, 5) is 10.8. The van der Waals surface area contributed by atoms with Gasteiger partial charge in [0, 0.05) is 12.0 Å². The lowest BCUT2D eigenvalue weighted by atomic mass is 9.83. The van der Waals surface area contributed by atoms with Gasteiger partial charge in [-0.3, -0.25) is 4.79 Å². The normalized spacial score (nSPS) is 17.8. The highest BCUT2D eigenvalue weighted by atomic mass is 16.1. The average Bonchev–Trinajstić information content (AvgIpc) is 2.02. The van der Waals surface area contributed by atoms with Crippen molar-refractivity contribution in [3.05, 3.63) is 0 Å². The smallest absolute Gasteiger partial charge is 0.219 e. The maximum Gasteiger partial charge on any atom is 0.219 e. The Kier molecular flexibility index (Phi) is 4.99. The van der Waals surface area contributed by atoms with Gasteiger partial charge in [-0.1, -0.05) is 27.2 Å². The minimum atomic E-state index is -0.388. The Morgan fingerprint density at radius 1 is 1.46 bits per heavy atom. The van der Waals surface area contributed by atoms with E-state index < -0.39 is 0 Å². The maximum absolute atomic E-state index is 10.8. The number of carbonyl (C=O) groups excluding carboxylic acids is 1. The zero-order chi connectivity index (χ0) is 10.5. The fourth-order valence-corrected chi connectivity index (χ4v) is 1.53. The maximum atomic E-state index is 10.8. The van der Waals surface area contributed by atoms with Crippen LogP contribution >= 0.6 is 0 Å². The Hall–Kier alpha value is -0.570. The van der Waals surface area contributed by atoms with Crippen LogP contribution in [0.2, 0.25) is 0 Å². The first-order valence-electron chi connectivity index (χ1n) is 5.00. The fraction of sp³-hybridized carbons (Fsp3) is 0.900. The van der Waals surface area contributed by atoms with E-state index in [0.717, 1.165) is 19.3 Å². The number of nitrogens with two attached hydrogens (primary N) is 2. The average molecular weight is 186 g/mol. The lowest BCUT2D eigenvalue weighted by Crippen LogP contribution is -2.44. The molecule has 3 nitrogen and oxygen atoms in total. The summed E-state index contributed by atoms with van der Waals surface area (Å²) in [5, 5.41) is 0. The van der Waals surface area contributed by atoms with Crippen molar-refractivity contribution in [2.45, 2.75) is 52.0 Å². The van der Waals surface area contributed by atoms with Crippen LogP contribution in [-0.4, -0.2) is 11.4 Å². The topological polar surface area (TPSA) is 69.1 Å². The SMILES string of the molecule is CCC(C)CC(N)(CC)CC(N)=O. The largest absolute Gasteiger partial charge is 0.370 e. The molecule has 0 aromatic carbocycles. The molecule has 0 aromatic rings. The van der Waals surface area contributed by atoms with Crippen molar-refractivity contribution >= 4 is 5.91 Å². The molecule has 13 heavy (non-hydrogen) atoms. The molecule has 3 heteroatoms. The van der Waals surface area contributed by atoms with Gasteiger partial charge in [0.1, 0.15) is 0 Å². The Bertz CT molecular complexity index is 170. The number of primary amides is 1. The summed E-state index contributed by atoms with van der Waals surface area (Å²) < 4.78 is 0. The summed E-state index contributed by atoms with van der Waals surface area (Å²) in [5.41, 5.74) is 10.8. The zero-order valence-corrected chi connectivity index (χ0v) is 8.97. The van der Waals surface area contributed by atoms with Gasteiger partial charge in [-0.2, -0.15) is 0 Å². The highest BCUT2D eigenvalue weighted by Gasteiger charge is 2.26. The van der Waals surface area contributed by atoms with Gasteiger partial charge in [0.2, 0.25) is 5.91 Å². The summed E-state index contributed by atoms with van der Waals surface area (Å²) >= 11 is 0. The van der Waals surface area contributed by atoms with Gasteiger partial charge < -0.3 is 11.5 Å². The van der Waals surface area contributed by atoms with Gasteiger partial charge >= 0.3 is 0 Å². The third kappa shape index (κ3) is 4.88. The monoisotopic (exact) mass is 186 g/mol. The van der Waals surface area contributed by atoms with Crippen LogP contribution < -0.4 is 11.5 Å². The van der Waals surface area contributed by atoms with Crippen molar-refractivity contribution < 1.29 is 4.79 Å². The predicted octanol–water partition coefficient (Wildman–Crippen LogP) is 1.41. The molecular formula is C10H22N2O. The Morgan fingerprint density at radius 3 is 2.31 bits per heavy atom. The van der Waals surface area contributed by atoms with Crippen LogP contribution in [0.5, 0.6) is 0 Å². The molecule has 2 unspecified atom stereocenters. The van der Waals surface area contributed by atoms with Crippen LogP contribution in [0, 0.1) is 5.92 Å². The molecule has 0 fully saturated rings. The van der Waals surface area contributed by atoms with Crippen LogP contribution in [-0.2, 0) is 4.79 Å². The molecule has 0 aliphatic heterocycles. The molecular weight excluding hydrogens is 164 g/mol. The first-order chi connectivity index (χ1) is 5.93. The summed E-state index contributed by atoms with van der Waals surface area (Å²) in [6, 6.07) is 0. The molecule has 0 saturated heterocycles. The van der Waals surface area contributed by atoms with E-state index in [1.54, 1.807) is 0 Å². The van der Waals surface area contributed by atoms with E-state index in [2.05, 4.69) is 13.8 Å². The van der Waals surface area contributed by atoms with Crippen molar-refractivity contribution in [1.82, 2.24) is 0 Å². The van der Waals surface area contributed by atoms with Crippen molar-refractivity contribution in [2.75, 3.05) is 0 Å². The number of hydrogen-bond acceptors (Lipinski definition) is 2. The molecule has 0 aliphatic rings. The molecule has 0 spiro atoms. The van der Waals surface area contributed by atoms with E-state index in [0.29, 0.717) is 12.3 Å². The van der Waals surface area contributed by atoms with Gasteiger partial charge in [-0.05, 0) is 18.8 Å². The lowest BCUT2D eigenvalue weighted by Gasteiger charge is -2.29. The van der Waals surface area contributed by atoms with E-state index >= 15 is 0 Å². The zero-order valence-electron chi connectivity index (χ0n) is 8.97. The number of carbonyl (C=O) groups is 1. The molecule has 0 radical (unpaired) electrons. The van der Waals surface area contributed by atoms with Crippen molar-refractivity contribution in [1.29, 1.82) is 0 Å². The van der Waals surface area contributed by atoms with E-state index in [1.807, 2.05) is 6.92 Å². The summed E-state index contributed by atoms with van der Waals surface area (Å²) in [5.74, 6) is 0.261. The molecule has 78 valence electrons. The van der Waals surface area contributed by atoms with Gasteiger partial charge in [-0.25, -0.2) is 0 Å². The van der Waals surface area contributed by atoms with E-state index in [-0.39, 0.29) is 11.4 Å². The minimum Gasteiger partial charge on any atom is -0.370 e. The van der Waals surface area contributed by atoms with Gasteiger partial charge in [0.15, 0.2) is 0 Å². The first kappa shape index (κ1) is 12.4. The predicted molar refractivity (Wildman–Crippen MR) is 55.1 cm³/mol. The molecule has 0 bridgehead atoms. The molecule has 0 rings (SSSR count). The Balaban J connectivity index is 4.18. The second kappa shape index (κ2) is 5.22. The molecule has 0 heterocycles. The van der Waals surface area contributed by atoms with E-state index in [9.17, 15) is 4.79 Å². The van der Waals surface area contributed by atoms with Crippen molar-refractivity contribution in [2.24, 2.45) is 17.4 Å². The molecule has 0 aliphatic carbocycles. The van der Waals surface area contributed by atoms with Gasteiger partial charge in [0.25, 0.3) is 0 Å². The summed E-state index contributed by atoms with van der Waals surface area (Å²) in [7, 11) is 0. The number of rotatable bonds is 6. The van der Waals surface area contributed by atoms with Gasteiger partial charge in [-0.15, -0.1) is 0 Å². The second-order valence-electron chi connectivity index (χ2n) is 4.08. The molecule has 0 saturated carbocycles. The summed E-state index contributed by atoms with van der Waals surface area (Å²) in [6.45, 7) is 6.29. The van der Waals surface area contributed by atoms with Crippen molar-refractivity contribution in [3.8, 4) is 0 Å². The van der Waals surface area contributed by atoms with Crippen LogP contribution in [0.25, 0.3) is 0 Å².